The van der Waals surface area contributed by atoms with Gasteiger partial charge in [-0.2, -0.15) is 0 Å². The van der Waals surface area contributed by atoms with Gasteiger partial charge in [-0.15, -0.1) is 0 Å². The third-order valence-electron chi connectivity index (χ3n) is 2.93. The van der Waals surface area contributed by atoms with Crippen LogP contribution < -0.4 is 9.47 Å². The van der Waals surface area contributed by atoms with Gasteiger partial charge in [0.2, 0.25) is 5.75 Å². The van der Waals surface area contributed by atoms with Gasteiger partial charge >= 0.3 is 0 Å². The number of Topliss-reactive ketones (excluding diaryl/α,β-unsaturated/α-hetero) is 1. The summed E-state index contributed by atoms with van der Waals surface area (Å²) in [6.45, 7) is 8.21. The average molecular weight is 264 g/mol. The normalized spacial score (nSPS) is 17.0. The van der Waals surface area contributed by atoms with Crippen LogP contribution in [-0.2, 0) is 0 Å². The van der Waals surface area contributed by atoms with Gasteiger partial charge in [0, 0.05) is 0 Å². The molecule has 0 radical (unpaired) electrons. The number of phenolic OH excluding ortho intramolecular Hbond substituents is 1. The lowest BCUT2D eigenvalue weighted by molar-refractivity contribution is 0.0597. The minimum Gasteiger partial charge on any atom is -0.502 e. The molecule has 1 N–H and O–H groups in total. The Bertz CT molecular complexity index is 503. The highest BCUT2D eigenvalue weighted by atomic mass is 16.5. The van der Waals surface area contributed by atoms with Crippen LogP contribution in [0.5, 0.6) is 17.2 Å². The van der Waals surface area contributed by atoms with Crippen molar-refractivity contribution in [1.82, 2.24) is 0 Å². The van der Waals surface area contributed by atoms with E-state index < -0.39 is 5.60 Å². The van der Waals surface area contributed by atoms with E-state index in [1.807, 2.05) is 27.7 Å². The van der Waals surface area contributed by atoms with Crippen molar-refractivity contribution in [1.29, 1.82) is 0 Å². The highest BCUT2D eigenvalue weighted by Crippen LogP contribution is 2.44. The Hall–Kier alpha value is -1.71. The number of fused-ring (bicyclic) bond motifs is 1. The summed E-state index contributed by atoms with van der Waals surface area (Å²) in [4.78, 5) is 12.0. The van der Waals surface area contributed by atoms with E-state index in [4.69, 9.17) is 9.47 Å². The first-order chi connectivity index (χ1) is 8.80. The van der Waals surface area contributed by atoms with Crippen molar-refractivity contribution in [3.05, 3.63) is 17.7 Å². The van der Waals surface area contributed by atoms with Crippen molar-refractivity contribution in [2.45, 2.75) is 39.7 Å². The maximum absolute atomic E-state index is 12.0. The van der Waals surface area contributed by atoms with Gasteiger partial charge in [-0.3, -0.25) is 4.79 Å². The number of carbonyl (C=O) groups is 1. The van der Waals surface area contributed by atoms with Crippen molar-refractivity contribution in [2.75, 3.05) is 6.61 Å². The maximum Gasteiger partial charge on any atom is 0.201 e. The number of hydrogen-bond acceptors (Lipinski definition) is 4. The molecule has 1 heterocycles. The molecule has 0 unspecified atom stereocenters. The fraction of sp³-hybridized carbons (Fsp3) is 0.533. The van der Waals surface area contributed by atoms with Crippen LogP contribution in [-0.4, -0.2) is 23.1 Å². The minimum absolute atomic E-state index is 0.0167. The third kappa shape index (κ3) is 2.83. The Kier molecular flexibility index (Phi) is 3.43. The molecule has 0 spiro atoms. The fourth-order valence-electron chi connectivity index (χ4n) is 2.04. The van der Waals surface area contributed by atoms with E-state index in [0.717, 1.165) is 0 Å². The van der Waals surface area contributed by atoms with Gasteiger partial charge < -0.3 is 14.6 Å². The number of ketones is 1. The number of aromatic hydroxyl groups is 1. The predicted molar refractivity (Wildman–Crippen MR) is 72.1 cm³/mol. The van der Waals surface area contributed by atoms with Crippen molar-refractivity contribution in [3.8, 4) is 17.2 Å². The van der Waals surface area contributed by atoms with Gasteiger partial charge in [-0.1, -0.05) is 13.8 Å². The van der Waals surface area contributed by atoms with Crippen LogP contribution in [0.3, 0.4) is 0 Å². The molecular weight excluding hydrogens is 244 g/mol. The summed E-state index contributed by atoms with van der Waals surface area (Å²) in [5.74, 6) is 0.853. The molecule has 0 saturated carbocycles. The van der Waals surface area contributed by atoms with Gasteiger partial charge in [0.05, 0.1) is 18.6 Å². The van der Waals surface area contributed by atoms with Gasteiger partial charge in [0.1, 0.15) is 5.60 Å². The molecule has 1 aliphatic rings. The summed E-state index contributed by atoms with van der Waals surface area (Å²) in [6, 6.07) is 3.28. The third-order valence-corrected chi connectivity index (χ3v) is 2.93. The molecule has 4 heteroatoms. The van der Waals surface area contributed by atoms with Crippen molar-refractivity contribution in [2.24, 2.45) is 5.92 Å². The number of phenols is 1. The summed E-state index contributed by atoms with van der Waals surface area (Å²) in [6.07, 6.45) is 0.311. The molecule has 4 nitrogen and oxygen atoms in total. The zero-order chi connectivity index (χ0) is 14.2. The standard InChI is InChI=1S/C15H20O4/c1-9(2)8-18-12-6-5-10-11(16)7-15(3,4)19-14(10)13(12)17/h5-6,9,17H,7-8H2,1-4H3. The van der Waals surface area contributed by atoms with E-state index in [1.54, 1.807) is 12.1 Å². The fourth-order valence-corrected chi connectivity index (χ4v) is 2.04. The molecule has 0 aromatic heterocycles. The highest BCUT2D eigenvalue weighted by Gasteiger charge is 2.35. The predicted octanol–water partition coefficient (Wildman–Crippen LogP) is 3.17. The van der Waals surface area contributed by atoms with E-state index >= 15 is 0 Å². The Morgan fingerprint density at radius 3 is 2.74 bits per heavy atom. The monoisotopic (exact) mass is 264 g/mol. The van der Waals surface area contributed by atoms with Gasteiger partial charge in [-0.05, 0) is 31.9 Å². The topological polar surface area (TPSA) is 55.8 Å². The summed E-state index contributed by atoms with van der Waals surface area (Å²) < 4.78 is 11.2. The lowest BCUT2D eigenvalue weighted by atomic mass is 9.93. The van der Waals surface area contributed by atoms with Gasteiger partial charge in [-0.25, -0.2) is 0 Å². The molecule has 1 aromatic rings. The molecule has 2 rings (SSSR count). The molecule has 0 aliphatic carbocycles. The molecule has 0 saturated heterocycles. The SMILES string of the molecule is CC(C)COc1ccc2c(c1O)OC(C)(C)CC2=O. The van der Waals surface area contributed by atoms with E-state index in [0.29, 0.717) is 30.3 Å². The first kappa shape index (κ1) is 13.7. The number of rotatable bonds is 3. The second-order valence-corrected chi connectivity index (χ2v) is 5.96. The quantitative estimate of drug-likeness (QED) is 0.911. The molecule has 1 aromatic carbocycles. The van der Waals surface area contributed by atoms with Gasteiger partial charge in [0.15, 0.2) is 17.3 Å². The lowest BCUT2D eigenvalue weighted by Crippen LogP contribution is -2.35. The van der Waals surface area contributed by atoms with Crippen LogP contribution in [0.15, 0.2) is 12.1 Å². The number of hydrogen-bond donors (Lipinski definition) is 1. The molecular formula is C15H20O4. The van der Waals surface area contributed by atoms with Gasteiger partial charge in [0.25, 0.3) is 0 Å². The van der Waals surface area contributed by atoms with E-state index in [2.05, 4.69) is 0 Å². The summed E-state index contributed by atoms with van der Waals surface area (Å²) >= 11 is 0. The van der Waals surface area contributed by atoms with E-state index in [-0.39, 0.29) is 17.3 Å². The molecule has 19 heavy (non-hydrogen) atoms. The molecule has 0 atom stereocenters. The number of ether oxygens (including phenoxy) is 2. The van der Waals surface area contributed by atoms with Crippen molar-refractivity contribution in [3.63, 3.8) is 0 Å². The minimum atomic E-state index is -0.599. The Balaban J connectivity index is 2.36. The first-order valence-electron chi connectivity index (χ1n) is 6.51. The van der Waals surface area contributed by atoms with E-state index in [1.165, 1.54) is 0 Å². The van der Waals surface area contributed by atoms with Crippen LogP contribution in [0.2, 0.25) is 0 Å². The first-order valence-corrected chi connectivity index (χ1v) is 6.51. The smallest absolute Gasteiger partial charge is 0.201 e. The molecule has 0 amide bonds. The molecule has 0 bridgehead atoms. The Morgan fingerprint density at radius 1 is 1.42 bits per heavy atom. The zero-order valence-corrected chi connectivity index (χ0v) is 11.8. The molecule has 1 aliphatic heterocycles. The highest BCUT2D eigenvalue weighted by molar-refractivity contribution is 6.01. The molecule has 0 fully saturated rings. The Morgan fingerprint density at radius 2 is 2.11 bits per heavy atom. The second-order valence-electron chi connectivity index (χ2n) is 5.96. The maximum atomic E-state index is 12.0. The Labute approximate surface area is 113 Å². The average Bonchev–Trinajstić information content (AvgIpc) is 2.27. The molecule has 104 valence electrons. The number of carbonyl (C=O) groups excluding carboxylic acids is 1. The second kappa shape index (κ2) is 4.76. The van der Waals surface area contributed by atoms with Crippen molar-refractivity contribution < 1.29 is 19.4 Å². The van der Waals surface area contributed by atoms with Crippen molar-refractivity contribution >= 4 is 5.78 Å². The summed E-state index contributed by atoms with van der Waals surface area (Å²) in [5, 5.41) is 10.2. The van der Waals surface area contributed by atoms with Crippen LogP contribution in [0.25, 0.3) is 0 Å². The summed E-state index contributed by atoms with van der Waals surface area (Å²) in [7, 11) is 0. The lowest BCUT2D eigenvalue weighted by Gasteiger charge is -2.32. The largest absolute Gasteiger partial charge is 0.502 e. The van der Waals surface area contributed by atoms with E-state index in [9.17, 15) is 9.90 Å². The van der Waals surface area contributed by atoms with Crippen LogP contribution in [0.4, 0.5) is 0 Å². The van der Waals surface area contributed by atoms with Crippen LogP contribution in [0.1, 0.15) is 44.5 Å². The van der Waals surface area contributed by atoms with Crippen LogP contribution in [0, 0.1) is 5.92 Å². The zero-order valence-electron chi connectivity index (χ0n) is 11.8. The summed E-state index contributed by atoms with van der Waals surface area (Å²) in [5.41, 5.74) is -0.174. The van der Waals surface area contributed by atoms with Crippen LogP contribution >= 0.6 is 0 Å². The number of benzene rings is 1.